The van der Waals surface area contributed by atoms with Gasteiger partial charge in [0.1, 0.15) is 0 Å². The number of hydrogen-bond acceptors (Lipinski definition) is 5. The lowest BCUT2D eigenvalue weighted by molar-refractivity contribution is 0.0247. The molecule has 80 valence electrons. The van der Waals surface area contributed by atoms with E-state index in [1.165, 1.54) is 7.11 Å². The second-order valence-electron chi connectivity index (χ2n) is 2.66. The first kappa shape index (κ1) is 11.2. The largest absolute Gasteiger partial charge is 0.453 e. The first-order valence-electron chi connectivity index (χ1n) is 4.20. The van der Waals surface area contributed by atoms with Crippen LogP contribution in [-0.2, 0) is 9.47 Å². The van der Waals surface area contributed by atoms with Gasteiger partial charge in [-0.1, -0.05) is 0 Å². The Labute approximate surface area is 87.5 Å². The molecule has 0 aromatic carbocycles. The minimum atomic E-state index is -0.573. The number of carbonyl (C=O) groups is 1. The maximum Gasteiger partial charge on any atom is 0.413 e. The summed E-state index contributed by atoms with van der Waals surface area (Å²) in [6.45, 7) is 2.80. The number of alkyl carbamates (subject to hydrolysis) is 1. The third-order valence-electron chi connectivity index (χ3n) is 1.67. The molecule has 1 rings (SSSR count). The molecule has 0 unspecified atom stereocenters. The van der Waals surface area contributed by atoms with Crippen LogP contribution in [0.1, 0.15) is 0 Å². The van der Waals surface area contributed by atoms with E-state index in [0.29, 0.717) is 13.2 Å². The zero-order chi connectivity index (χ0) is 10.4. The minimum Gasteiger partial charge on any atom is -0.453 e. The fraction of sp³-hybridized carbons (Fsp3) is 0.714. The van der Waals surface area contributed by atoms with E-state index in [2.05, 4.69) is 15.5 Å². The van der Waals surface area contributed by atoms with Crippen LogP contribution in [0.5, 0.6) is 0 Å². The summed E-state index contributed by atoms with van der Waals surface area (Å²) in [7, 11) is 1.28. The zero-order valence-corrected chi connectivity index (χ0v) is 8.73. The van der Waals surface area contributed by atoms with Crippen LogP contribution >= 0.6 is 12.2 Å². The maximum absolute atomic E-state index is 10.8. The molecule has 0 atom stereocenters. The molecule has 0 aromatic heterocycles. The second kappa shape index (κ2) is 5.74. The number of nitrogens with zero attached hydrogens (tertiary/aromatic N) is 1. The standard InChI is InChI=1S/C7H13N3O3S/c1-12-7(11)8-6(14)9-10-2-4-13-5-3-10/h2-5H2,1H3,(H2,8,9,11,14). The molecule has 0 aromatic rings. The molecule has 1 fully saturated rings. The average Bonchev–Trinajstić information content (AvgIpc) is 2.19. The molecule has 1 aliphatic rings. The normalized spacial score (nSPS) is 17.2. The molecular weight excluding hydrogens is 206 g/mol. The van der Waals surface area contributed by atoms with Gasteiger partial charge in [-0.25, -0.2) is 9.80 Å². The molecule has 14 heavy (non-hydrogen) atoms. The van der Waals surface area contributed by atoms with Gasteiger partial charge in [-0.05, 0) is 12.2 Å². The predicted octanol–water partition coefficient (Wildman–Crippen LogP) is -0.536. The van der Waals surface area contributed by atoms with E-state index < -0.39 is 6.09 Å². The van der Waals surface area contributed by atoms with Crippen molar-refractivity contribution in [1.82, 2.24) is 15.8 Å². The molecule has 1 aliphatic heterocycles. The van der Waals surface area contributed by atoms with Gasteiger partial charge in [0, 0.05) is 13.1 Å². The summed E-state index contributed by atoms with van der Waals surface area (Å²) >= 11 is 4.87. The molecule has 0 bridgehead atoms. The third-order valence-corrected chi connectivity index (χ3v) is 1.87. The molecule has 0 aliphatic carbocycles. The van der Waals surface area contributed by atoms with Gasteiger partial charge in [0.05, 0.1) is 20.3 Å². The summed E-state index contributed by atoms with van der Waals surface area (Å²) in [4.78, 5) is 10.8. The van der Waals surface area contributed by atoms with Gasteiger partial charge in [0.2, 0.25) is 0 Å². The number of hydrogen-bond donors (Lipinski definition) is 2. The van der Waals surface area contributed by atoms with Crippen LogP contribution in [-0.4, -0.2) is 49.6 Å². The lowest BCUT2D eigenvalue weighted by Gasteiger charge is -2.27. The molecule has 1 amide bonds. The SMILES string of the molecule is COC(=O)NC(=S)NN1CCOCC1. The number of hydrazine groups is 1. The van der Waals surface area contributed by atoms with Gasteiger partial charge >= 0.3 is 6.09 Å². The highest BCUT2D eigenvalue weighted by atomic mass is 32.1. The fourth-order valence-electron chi connectivity index (χ4n) is 0.990. The van der Waals surface area contributed by atoms with Crippen molar-refractivity contribution >= 4 is 23.4 Å². The first-order valence-corrected chi connectivity index (χ1v) is 4.61. The van der Waals surface area contributed by atoms with Gasteiger partial charge in [0.25, 0.3) is 0 Å². The van der Waals surface area contributed by atoms with Gasteiger partial charge in [-0.3, -0.25) is 10.7 Å². The first-order chi connectivity index (χ1) is 6.72. The van der Waals surface area contributed by atoms with Crippen molar-refractivity contribution < 1.29 is 14.3 Å². The van der Waals surface area contributed by atoms with Crippen molar-refractivity contribution in [3.05, 3.63) is 0 Å². The van der Waals surface area contributed by atoms with Crippen LogP contribution in [0, 0.1) is 0 Å². The molecule has 1 heterocycles. The highest BCUT2D eigenvalue weighted by Crippen LogP contribution is 1.91. The van der Waals surface area contributed by atoms with E-state index in [4.69, 9.17) is 17.0 Å². The summed E-state index contributed by atoms with van der Waals surface area (Å²) in [5, 5.41) is 4.47. The van der Waals surface area contributed by atoms with E-state index >= 15 is 0 Å². The van der Waals surface area contributed by atoms with Crippen LogP contribution in [0.15, 0.2) is 0 Å². The van der Waals surface area contributed by atoms with Gasteiger partial charge in [-0.2, -0.15) is 0 Å². The summed E-state index contributed by atoms with van der Waals surface area (Å²) in [5.74, 6) is 0. The van der Waals surface area contributed by atoms with Crippen LogP contribution in [0.2, 0.25) is 0 Å². The smallest absolute Gasteiger partial charge is 0.413 e. The van der Waals surface area contributed by atoms with Crippen LogP contribution in [0.4, 0.5) is 4.79 Å². The van der Waals surface area contributed by atoms with Crippen LogP contribution in [0.25, 0.3) is 0 Å². The summed E-state index contributed by atoms with van der Waals surface area (Å²) in [5.41, 5.74) is 2.86. The zero-order valence-electron chi connectivity index (χ0n) is 7.91. The Morgan fingerprint density at radius 1 is 1.50 bits per heavy atom. The lowest BCUT2D eigenvalue weighted by atomic mass is 10.5. The number of rotatable bonds is 1. The molecule has 0 saturated carbocycles. The Hall–Kier alpha value is -0.920. The van der Waals surface area contributed by atoms with Gasteiger partial charge < -0.3 is 9.47 Å². The number of amides is 1. The fourth-order valence-corrected chi connectivity index (χ4v) is 1.20. The average molecular weight is 219 g/mol. The van der Waals surface area contributed by atoms with E-state index in [-0.39, 0.29) is 5.11 Å². The summed E-state index contributed by atoms with van der Waals surface area (Å²) in [6.07, 6.45) is -0.573. The highest BCUT2D eigenvalue weighted by molar-refractivity contribution is 7.80. The Balaban J connectivity index is 2.21. The summed E-state index contributed by atoms with van der Waals surface area (Å²) < 4.78 is 9.54. The number of thiocarbonyl (C=S) groups is 1. The molecule has 0 radical (unpaired) electrons. The summed E-state index contributed by atoms with van der Waals surface area (Å²) in [6, 6.07) is 0. The number of ether oxygens (including phenoxy) is 2. The number of methoxy groups -OCH3 is 1. The Morgan fingerprint density at radius 3 is 2.71 bits per heavy atom. The number of carbonyl (C=O) groups excluding carboxylic acids is 1. The molecule has 7 heteroatoms. The van der Waals surface area contributed by atoms with Crippen molar-refractivity contribution in [2.75, 3.05) is 33.4 Å². The predicted molar refractivity (Wildman–Crippen MR) is 53.7 cm³/mol. The van der Waals surface area contributed by atoms with Gasteiger partial charge in [0.15, 0.2) is 5.11 Å². The molecule has 2 N–H and O–H groups in total. The highest BCUT2D eigenvalue weighted by Gasteiger charge is 2.12. The molecule has 1 saturated heterocycles. The molecule has 6 nitrogen and oxygen atoms in total. The maximum atomic E-state index is 10.8. The van der Waals surface area contributed by atoms with E-state index in [1.54, 1.807) is 0 Å². The lowest BCUT2D eigenvalue weighted by Crippen LogP contribution is -2.52. The second-order valence-corrected chi connectivity index (χ2v) is 3.07. The Bertz CT molecular complexity index is 218. The van der Waals surface area contributed by atoms with E-state index in [9.17, 15) is 4.79 Å². The third kappa shape index (κ3) is 3.86. The van der Waals surface area contributed by atoms with Crippen LogP contribution in [0.3, 0.4) is 0 Å². The number of nitrogens with one attached hydrogen (secondary N) is 2. The minimum absolute atomic E-state index is 0.235. The number of morpholine rings is 1. The van der Waals surface area contributed by atoms with Gasteiger partial charge in [-0.15, -0.1) is 0 Å². The van der Waals surface area contributed by atoms with E-state index in [0.717, 1.165) is 13.1 Å². The van der Waals surface area contributed by atoms with Crippen molar-refractivity contribution in [2.24, 2.45) is 0 Å². The molecule has 0 spiro atoms. The van der Waals surface area contributed by atoms with Crippen molar-refractivity contribution in [3.8, 4) is 0 Å². The Kier molecular flexibility index (Phi) is 4.57. The van der Waals surface area contributed by atoms with E-state index in [1.807, 2.05) is 5.01 Å². The topological polar surface area (TPSA) is 62.8 Å². The molecular formula is C7H13N3O3S. The van der Waals surface area contributed by atoms with Crippen LogP contribution < -0.4 is 10.7 Å². The Morgan fingerprint density at radius 2 is 2.14 bits per heavy atom. The van der Waals surface area contributed by atoms with Crippen molar-refractivity contribution in [2.45, 2.75) is 0 Å². The quantitative estimate of drug-likeness (QED) is 0.578. The van der Waals surface area contributed by atoms with Crippen molar-refractivity contribution in [1.29, 1.82) is 0 Å². The monoisotopic (exact) mass is 219 g/mol. The van der Waals surface area contributed by atoms with Crippen molar-refractivity contribution in [3.63, 3.8) is 0 Å².